The largest absolute Gasteiger partial charge is 0.207 e. The van der Waals surface area contributed by atoms with Gasteiger partial charge in [-0.15, -0.1) is 0 Å². The normalized spacial score (nSPS) is 11.1. The number of hydrogen-bond acceptors (Lipinski definition) is 1. The van der Waals surface area contributed by atoms with Crippen LogP contribution < -0.4 is 0 Å². The molecule has 0 N–H and O–H groups in total. The molecule has 0 heterocycles. The van der Waals surface area contributed by atoms with E-state index in [1.54, 1.807) is 24.3 Å². The highest BCUT2D eigenvalue weighted by molar-refractivity contribution is 5.84. The zero-order valence-corrected chi connectivity index (χ0v) is 20.6. The van der Waals surface area contributed by atoms with Crippen LogP contribution in [0.15, 0.2) is 66.7 Å². The molecule has 0 bridgehead atoms. The Balaban J connectivity index is 1.41. The van der Waals surface area contributed by atoms with Gasteiger partial charge in [0.25, 0.3) is 0 Å². The molecule has 0 aliphatic carbocycles. The van der Waals surface area contributed by atoms with Gasteiger partial charge < -0.3 is 0 Å². The van der Waals surface area contributed by atoms with Crippen LogP contribution in [0.1, 0.15) is 59.6 Å². The summed E-state index contributed by atoms with van der Waals surface area (Å²) in [5.41, 5.74) is 4.09. The lowest BCUT2D eigenvalue weighted by molar-refractivity contribution is 0.604. The van der Waals surface area contributed by atoms with Gasteiger partial charge in [0, 0.05) is 5.39 Å². The first-order valence-electron chi connectivity index (χ1n) is 12.6. The van der Waals surface area contributed by atoms with Gasteiger partial charge in [0.1, 0.15) is 23.5 Å². The molecule has 1 nitrogen and oxygen atoms in total. The standard InChI is InChI=1S/C32H30F3N/c1-2-3-4-5-22-6-11-25(30(33)19-22)12-7-23-10-17-29-27(18-23)16-15-26(32(29)35)13-8-24-9-14-28(21-36)31(34)20-24/h6,9-11,14-20H,2-5,7-8,12-13H2,1H3. The summed E-state index contributed by atoms with van der Waals surface area (Å²) in [7, 11) is 0. The third-order valence-corrected chi connectivity index (χ3v) is 6.80. The molecule has 0 radical (unpaired) electrons. The number of hydrogen-bond donors (Lipinski definition) is 0. The van der Waals surface area contributed by atoms with Crippen molar-refractivity contribution in [2.75, 3.05) is 0 Å². The number of rotatable bonds is 10. The molecule has 4 rings (SSSR count). The zero-order valence-electron chi connectivity index (χ0n) is 20.6. The Labute approximate surface area is 211 Å². The van der Waals surface area contributed by atoms with Gasteiger partial charge in [0.2, 0.25) is 0 Å². The fourth-order valence-corrected chi connectivity index (χ4v) is 4.63. The predicted octanol–water partition coefficient (Wildman–Crippen LogP) is 8.43. The van der Waals surface area contributed by atoms with E-state index in [9.17, 15) is 8.78 Å². The van der Waals surface area contributed by atoms with Crippen LogP contribution in [0.25, 0.3) is 10.8 Å². The molecule has 0 atom stereocenters. The van der Waals surface area contributed by atoms with E-state index in [-0.39, 0.29) is 17.2 Å². The fourth-order valence-electron chi connectivity index (χ4n) is 4.63. The van der Waals surface area contributed by atoms with Crippen molar-refractivity contribution in [2.45, 2.75) is 58.3 Å². The van der Waals surface area contributed by atoms with Crippen LogP contribution in [0.3, 0.4) is 0 Å². The van der Waals surface area contributed by atoms with E-state index in [2.05, 4.69) is 6.92 Å². The van der Waals surface area contributed by atoms with Gasteiger partial charge in [-0.2, -0.15) is 5.26 Å². The topological polar surface area (TPSA) is 23.8 Å². The number of aryl methyl sites for hydroxylation is 5. The van der Waals surface area contributed by atoms with Crippen molar-refractivity contribution in [2.24, 2.45) is 0 Å². The smallest absolute Gasteiger partial charge is 0.141 e. The summed E-state index contributed by atoms with van der Waals surface area (Å²) in [4.78, 5) is 0. The summed E-state index contributed by atoms with van der Waals surface area (Å²) in [6.45, 7) is 2.16. The van der Waals surface area contributed by atoms with E-state index < -0.39 is 5.82 Å². The molecule has 0 unspecified atom stereocenters. The minimum Gasteiger partial charge on any atom is -0.207 e. The van der Waals surface area contributed by atoms with Crippen LogP contribution in [-0.2, 0) is 32.1 Å². The zero-order chi connectivity index (χ0) is 25.5. The average Bonchev–Trinajstić information content (AvgIpc) is 2.88. The minimum absolute atomic E-state index is 0.00796. The molecule has 0 aliphatic rings. The van der Waals surface area contributed by atoms with Crippen molar-refractivity contribution in [3.63, 3.8) is 0 Å². The van der Waals surface area contributed by atoms with Crippen molar-refractivity contribution < 1.29 is 13.2 Å². The lowest BCUT2D eigenvalue weighted by Gasteiger charge is -2.10. The van der Waals surface area contributed by atoms with Crippen LogP contribution in [-0.4, -0.2) is 0 Å². The Bertz CT molecular complexity index is 1400. The number of halogens is 3. The summed E-state index contributed by atoms with van der Waals surface area (Å²) in [6.07, 6.45) is 6.48. The monoisotopic (exact) mass is 485 g/mol. The van der Waals surface area contributed by atoms with Crippen molar-refractivity contribution in [3.8, 4) is 6.07 Å². The minimum atomic E-state index is -0.552. The molecule has 36 heavy (non-hydrogen) atoms. The van der Waals surface area contributed by atoms with Crippen molar-refractivity contribution in [1.29, 1.82) is 5.26 Å². The van der Waals surface area contributed by atoms with Crippen LogP contribution in [0.2, 0.25) is 0 Å². The third kappa shape index (κ3) is 6.15. The van der Waals surface area contributed by atoms with Crippen LogP contribution >= 0.6 is 0 Å². The van der Waals surface area contributed by atoms with Crippen LogP contribution in [0, 0.1) is 28.8 Å². The van der Waals surface area contributed by atoms with Gasteiger partial charge in [-0.1, -0.05) is 68.3 Å². The summed E-state index contributed by atoms with van der Waals surface area (Å²) < 4.78 is 43.6. The van der Waals surface area contributed by atoms with Gasteiger partial charge in [-0.05, 0) is 89.9 Å². The van der Waals surface area contributed by atoms with E-state index in [1.807, 2.05) is 36.4 Å². The van der Waals surface area contributed by atoms with Crippen LogP contribution in [0.4, 0.5) is 13.2 Å². The van der Waals surface area contributed by atoms with Gasteiger partial charge in [-0.3, -0.25) is 0 Å². The summed E-state index contributed by atoms with van der Waals surface area (Å²) in [5, 5.41) is 10.2. The van der Waals surface area contributed by atoms with E-state index in [0.29, 0.717) is 42.2 Å². The summed E-state index contributed by atoms with van der Waals surface area (Å²) in [6, 6.07) is 21.2. The van der Waals surface area contributed by atoms with Gasteiger partial charge in [0.05, 0.1) is 5.56 Å². The average molecular weight is 486 g/mol. The number of nitrogens with zero attached hydrogens (tertiary/aromatic N) is 1. The molecule has 0 fully saturated rings. The quantitative estimate of drug-likeness (QED) is 0.207. The molecular formula is C32H30F3N. The molecule has 0 saturated carbocycles. The maximum Gasteiger partial charge on any atom is 0.141 e. The lowest BCUT2D eigenvalue weighted by Crippen LogP contribution is -1.99. The molecule has 4 heteroatoms. The second-order valence-corrected chi connectivity index (χ2v) is 9.40. The Morgan fingerprint density at radius 2 is 1.28 bits per heavy atom. The number of unbranched alkanes of at least 4 members (excludes halogenated alkanes) is 2. The molecule has 184 valence electrons. The molecule has 0 aromatic heterocycles. The van der Waals surface area contributed by atoms with Crippen LogP contribution in [0.5, 0.6) is 0 Å². The molecule has 4 aromatic rings. The lowest BCUT2D eigenvalue weighted by atomic mass is 9.96. The third-order valence-electron chi connectivity index (χ3n) is 6.80. The highest BCUT2D eigenvalue weighted by Gasteiger charge is 2.11. The molecular weight excluding hydrogens is 455 g/mol. The van der Waals surface area contributed by atoms with E-state index >= 15 is 4.39 Å². The first kappa shape index (κ1) is 25.5. The van der Waals surface area contributed by atoms with E-state index in [0.717, 1.165) is 47.8 Å². The highest BCUT2D eigenvalue weighted by atomic mass is 19.1. The van der Waals surface area contributed by atoms with Crippen molar-refractivity contribution >= 4 is 10.8 Å². The second-order valence-electron chi connectivity index (χ2n) is 9.40. The number of nitriles is 1. The maximum absolute atomic E-state index is 15.2. The Morgan fingerprint density at radius 3 is 2.00 bits per heavy atom. The Morgan fingerprint density at radius 1 is 0.639 bits per heavy atom. The predicted molar refractivity (Wildman–Crippen MR) is 139 cm³/mol. The Hall–Kier alpha value is -3.58. The highest BCUT2D eigenvalue weighted by Crippen LogP contribution is 2.25. The molecule has 4 aromatic carbocycles. The van der Waals surface area contributed by atoms with Gasteiger partial charge in [-0.25, -0.2) is 13.2 Å². The van der Waals surface area contributed by atoms with Crippen molar-refractivity contribution in [1.82, 2.24) is 0 Å². The summed E-state index contributed by atoms with van der Waals surface area (Å²) in [5.74, 6) is -0.968. The number of fused-ring (bicyclic) bond motifs is 1. The number of benzene rings is 4. The SMILES string of the molecule is CCCCCc1ccc(CCc2ccc3c(F)c(CCc4ccc(C#N)c(F)c4)ccc3c2)c(F)c1. The first-order valence-corrected chi connectivity index (χ1v) is 12.6. The van der Waals surface area contributed by atoms with Gasteiger partial charge in [0.15, 0.2) is 0 Å². The summed E-state index contributed by atoms with van der Waals surface area (Å²) >= 11 is 0. The maximum atomic E-state index is 15.2. The fraction of sp³-hybridized carbons (Fsp3) is 0.281. The second kappa shape index (κ2) is 11.9. The molecule has 0 aliphatic heterocycles. The Kier molecular flexibility index (Phi) is 8.44. The van der Waals surface area contributed by atoms with Gasteiger partial charge >= 0.3 is 0 Å². The molecule has 0 spiro atoms. The van der Waals surface area contributed by atoms with Crippen molar-refractivity contribution in [3.05, 3.63) is 118 Å². The van der Waals surface area contributed by atoms with E-state index in [1.165, 1.54) is 12.1 Å². The molecule has 0 amide bonds. The van der Waals surface area contributed by atoms with E-state index in [4.69, 9.17) is 5.26 Å². The molecule has 0 saturated heterocycles. The first-order chi connectivity index (χ1) is 17.5.